The molecule has 6 nitrogen and oxygen atoms in total. The Balaban J connectivity index is 1.63. The monoisotopic (exact) mass is 566 g/mol. The zero-order valence-electron chi connectivity index (χ0n) is 19.5. The van der Waals surface area contributed by atoms with E-state index in [1.54, 1.807) is 16.4 Å². The van der Waals surface area contributed by atoms with Crippen LogP contribution >= 0.6 is 27.7 Å². The number of hydrogen-bond acceptors (Lipinski definition) is 5. The smallest absolute Gasteiger partial charge is 0.252 e. The third-order valence-electron chi connectivity index (χ3n) is 6.22. The fraction of sp³-hybridized carbons (Fsp3) is 0.480. The number of hydrogen-bond donors (Lipinski definition) is 1. The zero-order chi connectivity index (χ0) is 24.3. The van der Waals surface area contributed by atoms with Gasteiger partial charge >= 0.3 is 0 Å². The molecule has 3 unspecified atom stereocenters. The first-order chi connectivity index (χ1) is 16.2. The number of carbonyl (C=O) groups excluding carboxylic acids is 1. The summed E-state index contributed by atoms with van der Waals surface area (Å²) in [6, 6.07) is 12.7. The summed E-state index contributed by atoms with van der Waals surface area (Å²) in [5, 5.41) is 2.96. The van der Waals surface area contributed by atoms with Crippen LogP contribution in [0.15, 0.2) is 61.6 Å². The molecule has 4 rings (SSSR count). The molecule has 2 aliphatic heterocycles. The second-order valence-corrected chi connectivity index (χ2v) is 13.3. The Labute approximate surface area is 215 Å². The predicted octanol–water partition coefficient (Wildman–Crippen LogP) is 5.18. The van der Waals surface area contributed by atoms with Crippen molar-refractivity contribution in [2.45, 2.75) is 53.9 Å². The van der Waals surface area contributed by atoms with Crippen molar-refractivity contribution in [2.75, 3.05) is 26.2 Å². The molecular weight excluding hydrogens is 536 g/mol. The minimum atomic E-state index is -3.70. The van der Waals surface area contributed by atoms with Gasteiger partial charge < -0.3 is 10.1 Å². The van der Waals surface area contributed by atoms with Gasteiger partial charge in [0.2, 0.25) is 10.0 Å². The summed E-state index contributed by atoms with van der Waals surface area (Å²) in [6.07, 6.45) is 2.94. The summed E-state index contributed by atoms with van der Waals surface area (Å²) in [5.41, 5.74) is 0.366. The number of sulfonamides is 1. The Bertz CT molecular complexity index is 1110. The minimum absolute atomic E-state index is 0.00904. The molecule has 2 heterocycles. The molecule has 2 fully saturated rings. The lowest BCUT2D eigenvalue weighted by Crippen LogP contribution is -2.42. The third-order valence-corrected chi connectivity index (χ3v) is 9.66. The second-order valence-electron chi connectivity index (χ2n) is 9.33. The highest BCUT2D eigenvalue weighted by Crippen LogP contribution is 2.34. The fourth-order valence-corrected chi connectivity index (χ4v) is 7.52. The highest BCUT2D eigenvalue weighted by molar-refractivity contribution is 9.10. The topological polar surface area (TPSA) is 75.7 Å². The average Bonchev–Trinajstić information content (AvgIpc) is 3.32. The van der Waals surface area contributed by atoms with Gasteiger partial charge in [-0.1, -0.05) is 41.5 Å². The highest BCUT2D eigenvalue weighted by atomic mass is 79.9. The number of ether oxygens (including phenoxy) is 1. The Hall–Kier alpha value is -1.39. The maximum absolute atomic E-state index is 13.5. The average molecular weight is 568 g/mol. The summed E-state index contributed by atoms with van der Waals surface area (Å²) in [5.74, 6) is 0.326. The molecule has 0 aliphatic carbocycles. The van der Waals surface area contributed by atoms with Crippen LogP contribution in [0.5, 0.6) is 0 Å². The number of amides is 1. The molecule has 0 radical (unpaired) electrons. The largest absolute Gasteiger partial charge is 0.376 e. The quantitative estimate of drug-likeness (QED) is 0.500. The van der Waals surface area contributed by atoms with Gasteiger partial charge in [-0.05, 0) is 73.6 Å². The van der Waals surface area contributed by atoms with E-state index in [-0.39, 0.29) is 16.9 Å². The van der Waals surface area contributed by atoms with E-state index < -0.39 is 10.0 Å². The molecule has 2 aliphatic rings. The van der Waals surface area contributed by atoms with E-state index in [9.17, 15) is 13.2 Å². The van der Waals surface area contributed by atoms with Gasteiger partial charge in [-0.15, -0.1) is 0 Å². The van der Waals surface area contributed by atoms with E-state index in [1.165, 1.54) is 17.8 Å². The van der Waals surface area contributed by atoms with E-state index in [1.807, 2.05) is 24.3 Å². The Kier molecular flexibility index (Phi) is 8.40. The normalized spacial score (nSPS) is 23.7. The van der Waals surface area contributed by atoms with Crippen LogP contribution in [0.25, 0.3) is 0 Å². The van der Waals surface area contributed by atoms with Gasteiger partial charge in [0.25, 0.3) is 5.91 Å². The van der Waals surface area contributed by atoms with Gasteiger partial charge in [0.05, 0.1) is 16.6 Å². The molecule has 0 aromatic heterocycles. The first kappa shape index (κ1) is 25.7. The van der Waals surface area contributed by atoms with Crippen molar-refractivity contribution in [3.8, 4) is 0 Å². The summed E-state index contributed by atoms with van der Waals surface area (Å²) in [7, 11) is -3.70. The van der Waals surface area contributed by atoms with Gasteiger partial charge in [0.15, 0.2) is 0 Å². The summed E-state index contributed by atoms with van der Waals surface area (Å²) in [6.45, 7) is 6.30. The van der Waals surface area contributed by atoms with Gasteiger partial charge in [-0.25, -0.2) is 8.42 Å². The molecule has 2 aromatic carbocycles. The van der Waals surface area contributed by atoms with Crippen molar-refractivity contribution in [3.63, 3.8) is 0 Å². The van der Waals surface area contributed by atoms with Crippen molar-refractivity contribution < 1.29 is 17.9 Å². The van der Waals surface area contributed by atoms with E-state index in [2.05, 4.69) is 35.1 Å². The van der Waals surface area contributed by atoms with E-state index in [4.69, 9.17) is 4.74 Å². The molecule has 184 valence electrons. The van der Waals surface area contributed by atoms with Crippen LogP contribution in [0.3, 0.4) is 0 Å². The molecule has 0 spiro atoms. The lowest BCUT2D eigenvalue weighted by atomic mass is 9.94. The number of benzene rings is 2. The van der Waals surface area contributed by atoms with Crippen LogP contribution in [0.4, 0.5) is 0 Å². The number of nitrogens with zero attached hydrogens (tertiary/aromatic N) is 1. The van der Waals surface area contributed by atoms with Crippen molar-refractivity contribution >= 4 is 43.6 Å². The Morgan fingerprint density at radius 3 is 2.50 bits per heavy atom. The molecular formula is C25H31BrN2O4S2. The van der Waals surface area contributed by atoms with Crippen LogP contribution in [-0.2, 0) is 14.8 Å². The predicted molar refractivity (Wildman–Crippen MR) is 138 cm³/mol. The molecule has 0 saturated carbocycles. The number of nitrogens with one attached hydrogen (secondary N) is 1. The zero-order valence-corrected chi connectivity index (χ0v) is 22.7. The van der Waals surface area contributed by atoms with Crippen molar-refractivity contribution in [1.82, 2.24) is 9.62 Å². The van der Waals surface area contributed by atoms with Gasteiger partial charge in [-0.2, -0.15) is 4.31 Å². The van der Waals surface area contributed by atoms with Crippen molar-refractivity contribution in [2.24, 2.45) is 11.8 Å². The molecule has 2 saturated heterocycles. The van der Waals surface area contributed by atoms with Crippen LogP contribution in [0.1, 0.15) is 43.5 Å². The van der Waals surface area contributed by atoms with Gasteiger partial charge in [0.1, 0.15) is 0 Å². The SMILES string of the molecule is CC1CC(C)CN(S(=O)(=O)c2ccc(Sc3ccc(Br)cc3)c(C(=O)NCC3CCCO3)c2)C1. The second kappa shape index (κ2) is 11.1. The number of rotatable bonds is 7. The third kappa shape index (κ3) is 6.23. The molecule has 9 heteroatoms. The van der Waals surface area contributed by atoms with E-state index in [0.29, 0.717) is 48.5 Å². The number of halogens is 1. The molecule has 0 bridgehead atoms. The molecule has 2 aromatic rings. The van der Waals surface area contributed by atoms with E-state index in [0.717, 1.165) is 28.6 Å². The lowest BCUT2D eigenvalue weighted by molar-refractivity contribution is 0.0855. The summed E-state index contributed by atoms with van der Waals surface area (Å²) in [4.78, 5) is 15.1. The van der Waals surface area contributed by atoms with Crippen molar-refractivity contribution in [3.05, 3.63) is 52.5 Å². The van der Waals surface area contributed by atoms with Crippen LogP contribution in [-0.4, -0.2) is 51.0 Å². The Morgan fingerprint density at radius 1 is 1.15 bits per heavy atom. The molecule has 1 N–H and O–H groups in total. The summed E-state index contributed by atoms with van der Waals surface area (Å²) >= 11 is 4.89. The molecule has 3 atom stereocenters. The van der Waals surface area contributed by atoms with Crippen LogP contribution in [0, 0.1) is 11.8 Å². The number of piperidine rings is 1. The standard InChI is InChI=1S/C25H31BrN2O4S2/c1-17-12-18(2)16-28(15-17)34(30,31)22-9-10-24(33-21-7-5-19(26)6-8-21)23(13-22)25(29)27-14-20-4-3-11-32-20/h5-10,13,17-18,20H,3-4,11-12,14-16H2,1-2H3,(H,27,29). The van der Waals surface area contributed by atoms with Gasteiger partial charge in [0, 0.05) is 40.5 Å². The molecule has 1 amide bonds. The van der Waals surface area contributed by atoms with Crippen molar-refractivity contribution in [1.29, 1.82) is 0 Å². The first-order valence-corrected chi connectivity index (χ1v) is 14.7. The van der Waals surface area contributed by atoms with Gasteiger partial charge in [-0.3, -0.25) is 4.79 Å². The first-order valence-electron chi connectivity index (χ1n) is 11.7. The fourth-order valence-electron chi connectivity index (χ4n) is 4.62. The Morgan fingerprint density at radius 2 is 1.85 bits per heavy atom. The van der Waals surface area contributed by atoms with E-state index >= 15 is 0 Å². The maximum Gasteiger partial charge on any atom is 0.252 e. The van der Waals surface area contributed by atoms with Crippen LogP contribution in [0.2, 0.25) is 0 Å². The highest BCUT2D eigenvalue weighted by Gasteiger charge is 2.32. The summed E-state index contributed by atoms with van der Waals surface area (Å²) < 4.78 is 35.1. The minimum Gasteiger partial charge on any atom is -0.376 e. The maximum atomic E-state index is 13.5. The molecule has 34 heavy (non-hydrogen) atoms. The van der Waals surface area contributed by atoms with Crippen LogP contribution < -0.4 is 5.32 Å². The number of carbonyl (C=O) groups is 1. The lowest BCUT2D eigenvalue weighted by Gasteiger charge is -2.34.